The van der Waals surface area contributed by atoms with Crippen LogP contribution in [0.5, 0.6) is 5.75 Å². The van der Waals surface area contributed by atoms with E-state index in [9.17, 15) is 0 Å². The molecule has 0 N–H and O–H groups in total. The Morgan fingerprint density at radius 1 is 1.28 bits per heavy atom. The molecule has 2 aliphatic rings. The summed E-state index contributed by atoms with van der Waals surface area (Å²) in [5.41, 5.74) is 0.664. The monoisotopic (exact) mass is 344 g/mol. The molecule has 1 saturated carbocycles. The number of ether oxygens (including phenoxy) is 2. The molecule has 0 amide bonds. The zero-order chi connectivity index (χ0) is 17.1. The highest BCUT2D eigenvalue weighted by Gasteiger charge is 2.34. The third-order valence-electron chi connectivity index (χ3n) is 4.80. The fourth-order valence-corrected chi connectivity index (χ4v) is 3.30. The minimum atomic E-state index is 0.253. The second kappa shape index (κ2) is 7.49. The van der Waals surface area contributed by atoms with E-state index in [1.165, 1.54) is 19.3 Å². The van der Waals surface area contributed by atoms with Crippen molar-refractivity contribution in [3.05, 3.63) is 24.2 Å². The lowest BCUT2D eigenvalue weighted by Gasteiger charge is -2.20. The van der Waals surface area contributed by atoms with Gasteiger partial charge in [0.05, 0.1) is 12.6 Å². The summed E-state index contributed by atoms with van der Waals surface area (Å²) in [6.07, 6.45) is 6.69. The lowest BCUT2D eigenvalue weighted by molar-refractivity contribution is 0.146. The Morgan fingerprint density at radius 2 is 2.20 bits per heavy atom. The van der Waals surface area contributed by atoms with Crippen molar-refractivity contribution in [1.29, 1.82) is 0 Å². The minimum absolute atomic E-state index is 0.253. The summed E-state index contributed by atoms with van der Waals surface area (Å²) in [6, 6.07) is 3.90. The zero-order valence-corrected chi connectivity index (χ0v) is 14.6. The van der Waals surface area contributed by atoms with Crippen molar-refractivity contribution in [2.75, 3.05) is 33.4 Å². The van der Waals surface area contributed by atoms with Gasteiger partial charge < -0.3 is 14.0 Å². The van der Waals surface area contributed by atoms with Gasteiger partial charge in [-0.2, -0.15) is 4.98 Å². The molecule has 0 radical (unpaired) electrons. The summed E-state index contributed by atoms with van der Waals surface area (Å²) in [6.45, 7) is 3.32. The maximum Gasteiger partial charge on any atom is 0.244 e. The molecule has 3 heterocycles. The van der Waals surface area contributed by atoms with Crippen LogP contribution in [-0.4, -0.2) is 53.4 Å². The lowest BCUT2D eigenvalue weighted by Crippen LogP contribution is -2.25. The molecule has 2 fully saturated rings. The summed E-state index contributed by atoms with van der Waals surface area (Å²) < 4.78 is 16.2. The highest BCUT2D eigenvalue weighted by Crippen LogP contribution is 2.37. The molecule has 7 heteroatoms. The number of likely N-dealkylation sites (tertiary alicyclic amines) is 1. The molecule has 0 aromatic carbocycles. The Kier molecular flexibility index (Phi) is 4.94. The van der Waals surface area contributed by atoms with Gasteiger partial charge in [-0.15, -0.1) is 0 Å². The van der Waals surface area contributed by atoms with Crippen molar-refractivity contribution >= 4 is 0 Å². The van der Waals surface area contributed by atoms with Crippen molar-refractivity contribution in [2.24, 2.45) is 5.92 Å². The molecular formula is C18H24N4O3. The first-order chi connectivity index (χ1) is 12.3. The summed E-state index contributed by atoms with van der Waals surface area (Å²) in [5.74, 6) is 2.82. The summed E-state index contributed by atoms with van der Waals surface area (Å²) in [5, 5.41) is 4.14. The molecule has 1 aliphatic carbocycles. The van der Waals surface area contributed by atoms with Gasteiger partial charge in [-0.25, -0.2) is 0 Å². The third-order valence-corrected chi connectivity index (χ3v) is 4.80. The largest absolute Gasteiger partial charge is 0.491 e. The van der Waals surface area contributed by atoms with Crippen LogP contribution in [0.3, 0.4) is 0 Å². The van der Waals surface area contributed by atoms with Gasteiger partial charge in [-0.3, -0.25) is 9.88 Å². The maximum atomic E-state index is 5.62. The van der Waals surface area contributed by atoms with Crippen molar-refractivity contribution in [1.82, 2.24) is 20.0 Å². The van der Waals surface area contributed by atoms with E-state index in [1.54, 1.807) is 13.3 Å². The van der Waals surface area contributed by atoms with Crippen molar-refractivity contribution in [3.63, 3.8) is 0 Å². The molecular weight excluding hydrogens is 320 g/mol. The van der Waals surface area contributed by atoms with Crippen LogP contribution in [0.15, 0.2) is 22.9 Å². The second-order valence-electron chi connectivity index (χ2n) is 6.77. The summed E-state index contributed by atoms with van der Waals surface area (Å²) in [4.78, 5) is 11.5. The van der Waals surface area contributed by atoms with Gasteiger partial charge >= 0.3 is 0 Å². The molecule has 1 aliphatic heterocycles. The van der Waals surface area contributed by atoms with Crippen LogP contribution in [0, 0.1) is 5.92 Å². The Morgan fingerprint density at radius 3 is 3.04 bits per heavy atom. The van der Waals surface area contributed by atoms with Gasteiger partial charge in [0.15, 0.2) is 0 Å². The van der Waals surface area contributed by atoms with E-state index in [-0.39, 0.29) is 6.04 Å². The SMILES string of the molecule is COCCOc1ccnc(-c2noc([C@H]3CCCN3CC3CC3)n2)c1. The fraction of sp³-hybridized carbons (Fsp3) is 0.611. The van der Waals surface area contributed by atoms with Crippen molar-refractivity contribution < 1.29 is 14.0 Å². The van der Waals surface area contributed by atoms with Crippen molar-refractivity contribution in [3.8, 4) is 17.3 Å². The van der Waals surface area contributed by atoms with Crippen LogP contribution in [0.1, 0.15) is 37.6 Å². The lowest BCUT2D eigenvalue weighted by atomic mass is 10.2. The molecule has 0 unspecified atom stereocenters. The van der Waals surface area contributed by atoms with Crippen LogP contribution < -0.4 is 4.74 Å². The predicted octanol–water partition coefficient (Wildman–Crippen LogP) is 2.70. The van der Waals surface area contributed by atoms with Crippen LogP contribution in [0.4, 0.5) is 0 Å². The first kappa shape index (κ1) is 16.5. The number of aromatic nitrogens is 3. The van der Waals surface area contributed by atoms with E-state index in [0.29, 0.717) is 30.6 Å². The van der Waals surface area contributed by atoms with Crippen LogP contribution in [0.25, 0.3) is 11.5 Å². The molecule has 4 rings (SSSR count). The second-order valence-corrected chi connectivity index (χ2v) is 6.77. The van der Waals surface area contributed by atoms with Gasteiger partial charge in [0.2, 0.25) is 11.7 Å². The molecule has 2 aromatic heterocycles. The maximum absolute atomic E-state index is 5.62. The van der Waals surface area contributed by atoms with Crippen LogP contribution in [0.2, 0.25) is 0 Å². The summed E-state index contributed by atoms with van der Waals surface area (Å²) >= 11 is 0. The Balaban J connectivity index is 1.46. The number of hydrogen-bond acceptors (Lipinski definition) is 7. The predicted molar refractivity (Wildman–Crippen MR) is 91.2 cm³/mol. The number of pyridine rings is 1. The summed E-state index contributed by atoms with van der Waals surface area (Å²) in [7, 11) is 1.65. The fourth-order valence-electron chi connectivity index (χ4n) is 3.30. The number of rotatable bonds is 8. The molecule has 0 bridgehead atoms. The first-order valence-corrected chi connectivity index (χ1v) is 8.99. The smallest absolute Gasteiger partial charge is 0.244 e. The van der Waals surface area contributed by atoms with Crippen LogP contribution in [-0.2, 0) is 4.74 Å². The van der Waals surface area contributed by atoms with Crippen molar-refractivity contribution in [2.45, 2.75) is 31.7 Å². The third kappa shape index (κ3) is 3.99. The van der Waals surface area contributed by atoms with Gasteiger partial charge in [-0.05, 0) is 44.2 Å². The van der Waals surface area contributed by atoms with E-state index in [1.807, 2.05) is 12.1 Å². The number of nitrogens with zero attached hydrogens (tertiary/aromatic N) is 4. The van der Waals surface area contributed by atoms with E-state index in [0.717, 1.165) is 31.2 Å². The standard InChI is InChI=1S/C18H24N4O3/c1-23-9-10-24-14-6-7-19-15(11-14)17-20-18(25-21-17)16-3-2-8-22(16)12-13-4-5-13/h6-7,11,13,16H,2-5,8-10,12H2,1H3/t16-/m1/s1. The Bertz CT molecular complexity index is 701. The number of methoxy groups -OCH3 is 1. The quantitative estimate of drug-likeness (QED) is 0.682. The Labute approximate surface area is 147 Å². The molecule has 0 spiro atoms. The Hall–Kier alpha value is -1.99. The molecule has 25 heavy (non-hydrogen) atoms. The van der Waals surface area contributed by atoms with Gasteiger partial charge in [0, 0.05) is 25.9 Å². The van der Waals surface area contributed by atoms with Gasteiger partial charge in [-0.1, -0.05) is 5.16 Å². The normalized spacial score (nSPS) is 20.9. The highest BCUT2D eigenvalue weighted by atomic mass is 16.5. The molecule has 1 saturated heterocycles. The van der Waals surface area contributed by atoms with E-state index in [4.69, 9.17) is 14.0 Å². The first-order valence-electron chi connectivity index (χ1n) is 8.99. The van der Waals surface area contributed by atoms with E-state index < -0.39 is 0 Å². The van der Waals surface area contributed by atoms with Gasteiger partial charge in [0.1, 0.15) is 18.1 Å². The highest BCUT2D eigenvalue weighted by molar-refractivity contribution is 5.50. The van der Waals surface area contributed by atoms with Gasteiger partial charge in [0.25, 0.3) is 0 Å². The average Bonchev–Trinajstić information content (AvgIpc) is 3.11. The zero-order valence-electron chi connectivity index (χ0n) is 14.6. The van der Waals surface area contributed by atoms with E-state index in [2.05, 4.69) is 20.0 Å². The minimum Gasteiger partial charge on any atom is -0.491 e. The average molecular weight is 344 g/mol. The molecule has 1 atom stereocenters. The topological polar surface area (TPSA) is 73.5 Å². The molecule has 2 aromatic rings. The van der Waals surface area contributed by atoms with Crippen LogP contribution >= 0.6 is 0 Å². The molecule has 7 nitrogen and oxygen atoms in total. The number of hydrogen-bond donors (Lipinski definition) is 0. The molecule has 134 valence electrons. The van der Waals surface area contributed by atoms with E-state index >= 15 is 0 Å².